The van der Waals surface area contributed by atoms with E-state index < -0.39 is 5.97 Å². The molecule has 2 aromatic carbocycles. The molecule has 0 unspecified atom stereocenters. The largest absolute Gasteiger partial charge is 0.489 e. The molecule has 0 atom stereocenters. The summed E-state index contributed by atoms with van der Waals surface area (Å²) in [6, 6.07) is 17.5. The second kappa shape index (κ2) is 9.40. The molecule has 2 rings (SSSR count). The van der Waals surface area contributed by atoms with Gasteiger partial charge in [0, 0.05) is 0 Å². The van der Waals surface area contributed by atoms with Crippen molar-refractivity contribution in [3.63, 3.8) is 0 Å². The van der Waals surface area contributed by atoms with Crippen LogP contribution in [0.25, 0.3) is 6.08 Å². The second-order valence-corrected chi connectivity index (χ2v) is 5.01. The fourth-order valence-corrected chi connectivity index (χ4v) is 2.10. The molecule has 2 aromatic rings. The normalized spacial score (nSPS) is 11.0. The first-order valence-electron chi connectivity index (χ1n) is 8.01. The van der Waals surface area contributed by atoms with E-state index in [4.69, 9.17) is 14.2 Å². The maximum atomic E-state index is 11.9. The van der Waals surface area contributed by atoms with Crippen LogP contribution < -0.4 is 4.74 Å². The van der Waals surface area contributed by atoms with Crippen LogP contribution in [0.4, 0.5) is 0 Å². The summed E-state index contributed by atoms with van der Waals surface area (Å²) in [6.45, 7) is 4.79. The minimum absolute atomic E-state index is 0.194. The minimum atomic E-state index is -0.463. The molecule has 0 aromatic heterocycles. The van der Waals surface area contributed by atoms with Gasteiger partial charge in [-0.3, -0.25) is 0 Å². The Hall–Kier alpha value is -2.75. The fraction of sp³-hybridized carbons (Fsp3) is 0.250. The lowest BCUT2D eigenvalue weighted by atomic mass is 10.2. The van der Waals surface area contributed by atoms with Crippen LogP contribution in [0.15, 0.2) is 60.4 Å². The molecule has 0 radical (unpaired) electrons. The van der Waals surface area contributed by atoms with Gasteiger partial charge >= 0.3 is 5.97 Å². The standard InChI is InChI=1S/C20H22O4/c1-3-22-19(20(21)23-4-2)14-17-11-8-12-18(13-17)24-15-16-9-6-5-7-10-16/h5-14H,3-4,15H2,1-2H3/b19-14-. The molecule has 0 N–H and O–H groups in total. The summed E-state index contributed by atoms with van der Waals surface area (Å²) in [6.07, 6.45) is 1.66. The zero-order valence-corrected chi connectivity index (χ0v) is 14.0. The lowest BCUT2D eigenvalue weighted by Crippen LogP contribution is -2.10. The third-order valence-corrected chi connectivity index (χ3v) is 3.18. The molecule has 0 saturated heterocycles. The third-order valence-electron chi connectivity index (χ3n) is 3.18. The molecule has 0 heterocycles. The van der Waals surface area contributed by atoms with Crippen LogP contribution in [-0.4, -0.2) is 19.2 Å². The predicted molar refractivity (Wildman–Crippen MR) is 93.5 cm³/mol. The summed E-state index contributed by atoms with van der Waals surface area (Å²) >= 11 is 0. The molecule has 0 aliphatic carbocycles. The van der Waals surface area contributed by atoms with E-state index >= 15 is 0 Å². The van der Waals surface area contributed by atoms with Crippen molar-refractivity contribution in [1.82, 2.24) is 0 Å². The van der Waals surface area contributed by atoms with Gasteiger partial charge < -0.3 is 14.2 Å². The molecule has 126 valence electrons. The molecule has 0 spiro atoms. The molecule has 4 nitrogen and oxygen atoms in total. The van der Waals surface area contributed by atoms with Crippen molar-refractivity contribution in [3.8, 4) is 5.75 Å². The summed E-state index contributed by atoms with van der Waals surface area (Å²) in [5.41, 5.74) is 1.91. The van der Waals surface area contributed by atoms with Gasteiger partial charge in [-0.1, -0.05) is 42.5 Å². The highest BCUT2D eigenvalue weighted by Gasteiger charge is 2.11. The lowest BCUT2D eigenvalue weighted by molar-refractivity contribution is -0.142. The first kappa shape index (κ1) is 17.6. The molecule has 0 saturated carbocycles. The smallest absolute Gasteiger partial charge is 0.373 e. The number of esters is 1. The van der Waals surface area contributed by atoms with Crippen molar-refractivity contribution >= 4 is 12.0 Å². The van der Waals surface area contributed by atoms with Gasteiger partial charge in [-0.25, -0.2) is 4.79 Å². The Morgan fingerprint density at radius 3 is 2.42 bits per heavy atom. The fourth-order valence-electron chi connectivity index (χ4n) is 2.10. The highest BCUT2D eigenvalue weighted by Crippen LogP contribution is 2.18. The topological polar surface area (TPSA) is 44.8 Å². The quantitative estimate of drug-likeness (QED) is 0.414. The highest BCUT2D eigenvalue weighted by molar-refractivity contribution is 5.91. The monoisotopic (exact) mass is 326 g/mol. The molecule has 0 aliphatic heterocycles. The van der Waals surface area contributed by atoms with Crippen LogP contribution in [0.3, 0.4) is 0 Å². The van der Waals surface area contributed by atoms with E-state index in [0.717, 1.165) is 16.9 Å². The summed E-state index contributed by atoms with van der Waals surface area (Å²) in [5.74, 6) is 0.460. The van der Waals surface area contributed by atoms with Crippen molar-refractivity contribution < 1.29 is 19.0 Å². The summed E-state index contributed by atoms with van der Waals surface area (Å²) in [7, 11) is 0. The second-order valence-electron chi connectivity index (χ2n) is 5.01. The Morgan fingerprint density at radius 2 is 1.71 bits per heavy atom. The molecule has 0 amide bonds. The van der Waals surface area contributed by atoms with Crippen molar-refractivity contribution in [3.05, 3.63) is 71.5 Å². The van der Waals surface area contributed by atoms with Gasteiger partial charge in [-0.2, -0.15) is 0 Å². The number of carbonyl (C=O) groups is 1. The number of benzene rings is 2. The lowest BCUT2D eigenvalue weighted by Gasteiger charge is -2.09. The van der Waals surface area contributed by atoms with E-state index in [1.165, 1.54) is 0 Å². The molecular formula is C20H22O4. The van der Waals surface area contributed by atoms with Crippen LogP contribution in [0.5, 0.6) is 5.75 Å². The number of rotatable bonds is 8. The molecule has 4 heteroatoms. The molecule has 0 bridgehead atoms. The van der Waals surface area contributed by atoms with Crippen LogP contribution in [0, 0.1) is 0 Å². The Balaban J connectivity index is 2.10. The first-order chi connectivity index (χ1) is 11.7. The average molecular weight is 326 g/mol. The summed E-state index contributed by atoms with van der Waals surface area (Å²) in [4.78, 5) is 11.9. The van der Waals surface area contributed by atoms with Crippen LogP contribution in [0.1, 0.15) is 25.0 Å². The average Bonchev–Trinajstić information content (AvgIpc) is 2.61. The molecule has 0 aliphatic rings. The van der Waals surface area contributed by atoms with E-state index in [1.54, 1.807) is 13.0 Å². The van der Waals surface area contributed by atoms with Crippen molar-refractivity contribution in [1.29, 1.82) is 0 Å². The molecule has 0 fully saturated rings. The number of hydrogen-bond acceptors (Lipinski definition) is 4. The van der Waals surface area contributed by atoms with E-state index in [0.29, 0.717) is 19.8 Å². The van der Waals surface area contributed by atoms with E-state index in [-0.39, 0.29) is 5.76 Å². The number of hydrogen-bond donors (Lipinski definition) is 0. The van der Waals surface area contributed by atoms with Crippen molar-refractivity contribution in [2.24, 2.45) is 0 Å². The Labute approximate surface area is 142 Å². The predicted octanol–water partition coefficient (Wildman–Crippen LogP) is 4.21. The van der Waals surface area contributed by atoms with Gasteiger partial charge in [-0.15, -0.1) is 0 Å². The Kier molecular flexibility index (Phi) is 6.90. The Morgan fingerprint density at radius 1 is 0.958 bits per heavy atom. The van der Waals surface area contributed by atoms with Gasteiger partial charge in [-0.05, 0) is 43.2 Å². The van der Waals surface area contributed by atoms with Crippen LogP contribution >= 0.6 is 0 Å². The van der Waals surface area contributed by atoms with Gasteiger partial charge in [0.05, 0.1) is 13.2 Å². The van der Waals surface area contributed by atoms with E-state index in [2.05, 4.69) is 0 Å². The van der Waals surface area contributed by atoms with Gasteiger partial charge in [0.15, 0.2) is 0 Å². The minimum Gasteiger partial charge on any atom is -0.489 e. The zero-order valence-electron chi connectivity index (χ0n) is 14.0. The van der Waals surface area contributed by atoms with Crippen LogP contribution in [-0.2, 0) is 20.9 Å². The molecule has 24 heavy (non-hydrogen) atoms. The number of ether oxygens (including phenoxy) is 3. The number of carbonyl (C=O) groups excluding carboxylic acids is 1. The van der Waals surface area contributed by atoms with Gasteiger partial charge in [0.2, 0.25) is 5.76 Å². The van der Waals surface area contributed by atoms with E-state index in [9.17, 15) is 4.79 Å². The summed E-state index contributed by atoms with van der Waals surface area (Å²) in [5, 5.41) is 0. The molecular weight excluding hydrogens is 304 g/mol. The van der Waals surface area contributed by atoms with Crippen LogP contribution in [0.2, 0.25) is 0 Å². The third kappa shape index (κ3) is 5.47. The summed E-state index contributed by atoms with van der Waals surface area (Å²) < 4.78 is 16.2. The SMILES string of the molecule is CCOC(=O)/C(=C/c1cccc(OCc2ccccc2)c1)OCC. The van der Waals surface area contributed by atoms with Gasteiger partial charge in [0.25, 0.3) is 0 Å². The maximum absolute atomic E-state index is 11.9. The first-order valence-corrected chi connectivity index (χ1v) is 8.01. The van der Waals surface area contributed by atoms with Gasteiger partial charge in [0.1, 0.15) is 12.4 Å². The zero-order chi connectivity index (χ0) is 17.2. The van der Waals surface area contributed by atoms with Crippen molar-refractivity contribution in [2.75, 3.05) is 13.2 Å². The van der Waals surface area contributed by atoms with E-state index in [1.807, 2.05) is 61.5 Å². The van der Waals surface area contributed by atoms with Crippen molar-refractivity contribution in [2.45, 2.75) is 20.5 Å². The highest BCUT2D eigenvalue weighted by atomic mass is 16.6. The Bertz CT molecular complexity index is 677. The maximum Gasteiger partial charge on any atom is 0.373 e.